The van der Waals surface area contributed by atoms with Gasteiger partial charge < -0.3 is 9.73 Å². The van der Waals surface area contributed by atoms with E-state index in [0.717, 1.165) is 11.1 Å². The van der Waals surface area contributed by atoms with Crippen LogP contribution in [-0.2, 0) is 7.05 Å². The molecule has 0 fully saturated rings. The third-order valence-electron chi connectivity index (χ3n) is 4.66. The zero-order valence-corrected chi connectivity index (χ0v) is 15.4. The van der Waals surface area contributed by atoms with Crippen molar-refractivity contribution in [2.75, 3.05) is 5.32 Å². The molecule has 9 nitrogen and oxygen atoms in total. The Morgan fingerprint density at radius 3 is 2.93 bits per heavy atom. The molecule has 9 heteroatoms. The highest BCUT2D eigenvalue weighted by Gasteiger charge is 2.21. The number of amides is 1. The third-order valence-corrected chi connectivity index (χ3v) is 4.66. The van der Waals surface area contributed by atoms with E-state index in [2.05, 4.69) is 25.6 Å². The lowest BCUT2D eigenvalue weighted by Crippen LogP contribution is -2.16. The van der Waals surface area contributed by atoms with Crippen LogP contribution >= 0.6 is 0 Å². The molecular formula is C20H15N7O2. The van der Waals surface area contributed by atoms with Gasteiger partial charge in [0.2, 0.25) is 0 Å². The minimum Gasteiger partial charge on any atom is -0.443 e. The first kappa shape index (κ1) is 16.9. The number of nitrogens with zero attached hydrogens (tertiary/aromatic N) is 6. The molecule has 0 bridgehead atoms. The Bertz CT molecular complexity index is 1320. The first-order valence-electron chi connectivity index (χ1n) is 8.82. The summed E-state index contributed by atoms with van der Waals surface area (Å²) < 4.78 is 8.97. The minimum absolute atomic E-state index is 0.273. The molecule has 5 aromatic rings. The highest BCUT2D eigenvalue weighted by molar-refractivity contribution is 6.10. The van der Waals surface area contributed by atoms with Gasteiger partial charge in [0.05, 0.1) is 18.0 Å². The molecule has 5 rings (SSSR count). The van der Waals surface area contributed by atoms with Crippen LogP contribution in [-0.4, -0.2) is 35.3 Å². The number of anilines is 1. The van der Waals surface area contributed by atoms with E-state index in [-0.39, 0.29) is 5.91 Å². The second-order valence-corrected chi connectivity index (χ2v) is 6.40. The number of hydrogen-bond acceptors (Lipinski definition) is 6. The van der Waals surface area contributed by atoms with Gasteiger partial charge in [-0.2, -0.15) is 5.10 Å². The van der Waals surface area contributed by atoms with Gasteiger partial charge in [0.25, 0.3) is 5.91 Å². The van der Waals surface area contributed by atoms with Crippen molar-refractivity contribution in [2.45, 2.75) is 0 Å². The summed E-state index contributed by atoms with van der Waals surface area (Å²) in [6, 6.07) is 11.1. The fourth-order valence-corrected chi connectivity index (χ4v) is 3.25. The van der Waals surface area contributed by atoms with Crippen molar-refractivity contribution in [1.29, 1.82) is 0 Å². The second kappa shape index (κ2) is 6.71. The molecule has 0 spiro atoms. The lowest BCUT2D eigenvalue weighted by Gasteiger charge is -2.13. The Kier molecular flexibility index (Phi) is 3.91. The van der Waals surface area contributed by atoms with Crippen molar-refractivity contribution in [3.8, 4) is 22.5 Å². The van der Waals surface area contributed by atoms with Crippen molar-refractivity contribution in [3.63, 3.8) is 0 Å². The van der Waals surface area contributed by atoms with E-state index in [1.165, 1.54) is 6.39 Å². The quantitative estimate of drug-likeness (QED) is 0.510. The van der Waals surface area contributed by atoms with Crippen LogP contribution in [0.25, 0.3) is 28.1 Å². The molecule has 142 valence electrons. The Balaban J connectivity index is 1.66. The Labute approximate surface area is 164 Å². The number of rotatable bonds is 4. The Morgan fingerprint density at radius 1 is 1.21 bits per heavy atom. The van der Waals surface area contributed by atoms with E-state index in [1.807, 2.05) is 34.9 Å². The maximum Gasteiger partial charge on any atom is 0.257 e. The number of nitrogens with one attached hydrogen (secondary N) is 1. The highest BCUT2D eigenvalue weighted by atomic mass is 16.3. The number of hydrogen-bond donors (Lipinski definition) is 1. The molecule has 0 atom stereocenters. The van der Waals surface area contributed by atoms with Gasteiger partial charge in [-0.15, -0.1) is 10.2 Å². The topological polar surface area (TPSA) is 103 Å². The SMILES string of the molecule is Cn1nccc1NC(=O)c1cccc(-c2ccn3cnnc3c2)c1-c1cnco1. The van der Waals surface area contributed by atoms with Crippen molar-refractivity contribution in [2.24, 2.45) is 7.05 Å². The van der Waals surface area contributed by atoms with Crippen molar-refractivity contribution in [1.82, 2.24) is 29.4 Å². The van der Waals surface area contributed by atoms with E-state index in [1.54, 1.807) is 42.6 Å². The van der Waals surface area contributed by atoms with Crippen LogP contribution in [0.2, 0.25) is 0 Å². The fraction of sp³-hybridized carbons (Fsp3) is 0.0500. The maximum absolute atomic E-state index is 13.1. The van der Waals surface area contributed by atoms with Gasteiger partial charge in [0.15, 0.2) is 17.8 Å². The molecule has 0 saturated heterocycles. The number of carbonyl (C=O) groups excluding carboxylic acids is 1. The molecule has 29 heavy (non-hydrogen) atoms. The summed E-state index contributed by atoms with van der Waals surface area (Å²) in [5.41, 5.74) is 3.52. The molecule has 0 unspecified atom stereocenters. The molecule has 4 aromatic heterocycles. The molecule has 0 saturated carbocycles. The lowest BCUT2D eigenvalue weighted by atomic mass is 9.94. The second-order valence-electron chi connectivity index (χ2n) is 6.40. The molecule has 0 aliphatic carbocycles. The zero-order chi connectivity index (χ0) is 19.8. The minimum atomic E-state index is -0.273. The average Bonchev–Trinajstić information content (AvgIpc) is 3.49. The predicted molar refractivity (Wildman–Crippen MR) is 105 cm³/mol. The summed E-state index contributed by atoms with van der Waals surface area (Å²) in [7, 11) is 1.76. The summed E-state index contributed by atoms with van der Waals surface area (Å²) in [5.74, 6) is 0.816. The van der Waals surface area contributed by atoms with E-state index in [4.69, 9.17) is 4.42 Å². The lowest BCUT2D eigenvalue weighted by molar-refractivity contribution is 0.102. The first-order chi connectivity index (χ1) is 14.2. The number of oxazole rings is 1. The van der Waals surface area contributed by atoms with E-state index in [0.29, 0.717) is 28.4 Å². The number of carbonyl (C=O) groups is 1. The van der Waals surface area contributed by atoms with Crippen LogP contribution in [0.1, 0.15) is 10.4 Å². The third kappa shape index (κ3) is 2.94. The van der Waals surface area contributed by atoms with Crippen LogP contribution in [0.5, 0.6) is 0 Å². The number of benzene rings is 1. The van der Waals surface area contributed by atoms with Crippen LogP contribution in [0.3, 0.4) is 0 Å². The van der Waals surface area contributed by atoms with Gasteiger partial charge in [0.1, 0.15) is 12.1 Å². The normalized spacial score (nSPS) is 11.1. The monoisotopic (exact) mass is 385 g/mol. The summed E-state index contributed by atoms with van der Waals surface area (Å²) in [4.78, 5) is 17.1. The standard InChI is InChI=1S/C20H15N7O2/c1-26-17(5-7-23-26)24-20(28)15-4-2-3-14(19(15)16-10-21-12-29-16)13-6-8-27-11-22-25-18(27)9-13/h2-12H,1H3,(H,24,28). The number of fused-ring (bicyclic) bond motifs is 1. The predicted octanol–water partition coefficient (Wildman–Crippen LogP) is 3.04. The molecule has 1 aromatic carbocycles. The van der Waals surface area contributed by atoms with Gasteiger partial charge >= 0.3 is 0 Å². The molecule has 0 aliphatic heterocycles. The molecule has 0 aliphatic rings. The van der Waals surface area contributed by atoms with Crippen LogP contribution in [0.4, 0.5) is 5.82 Å². The Hall–Kier alpha value is -4.27. The molecule has 4 heterocycles. The van der Waals surface area contributed by atoms with Gasteiger partial charge in [-0.1, -0.05) is 12.1 Å². The van der Waals surface area contributed by atoms with Crippen LogP contribution in [0.15, 0.2) is 72.1 Å². The zero-order valence-electron chi connectivity index (χ0n) is 15.4. The maximum atomic E-state index is 13.1. The smallest absolute Gasteiger partial charge is 0.257 e. The summed E-state index contributed by atoms with van der Waals surface area (Å²) >= 11 is 0. The van der Waals surface area contributed by atoms with E-state index in [9.17, 15) is 4.79 Å². The molecule has 0 radical (unpaired) electrons. The molecular weight excluding hydrogens is 370 g/mol. The van der Waals surface area contributed by atoms with E-state index >= 15 is 0 Å². The fourth-order valence-electron chi connectivity index (χ4n) is 3.25. The van der Waals surface area contributed by atoms with Gasteiger partial charge in [0, 0.05) is 24.9 Å². The van der Waals surface area contributed by atoms with Crippen molar-refractivity contribution >= 4 is 17.4 Å². The first-order valence-corrected chi connectivity index (χ1v) is 8.82. The van der Waals surface area contributed by atoms with Gasteiger partial charge in [-0.3, -0.25) is 13.9 Å². The number of aryl methyl sites for hydroxylation is 1. The highest BCUT2D eigenvalue weighted by Crippen LogP contribution is 2.35. The van der Waals surface area contributed by atoms with E-state index < -0.39 is 0 Å². The summed E-state index contributed by atoms with van der Waals surface area (Å²) in [6.45, 7) is 0. The largest absolute Gasteiger partial charge is 0.443 e. The summed E-state index contributed by atoms with van der Waals surface area (Å²) in [6.07, 6.45) is 8.06. The van der Waals surface area contributed by atoms with Crippen LogP contribution in [0, 0.1) is 0 Å². The molecule has 1 amide bonds. The summed E-state index contributed by atoms with van der Waals surface area (Å²) in [5, 5.41) is 15.0. The van der Waals surface area contributed by atoms with Gasteiger partial charge in [-0.25, -0.2) is 4.98 Å². The Morgan fingerprint density at radius 2 is 2.14 bits per heavy atom. The number of pyridine rings is 1. The average molecular weight is 385 g/mol. The number of aromatic nitrogens is 6. The van der Waals surface area contributed by atoms with Crippen LogP contribution < -0.4 is 5.32 Å². The van der Waals surface area contributed by atoms with Crippen molar-refractivity contribution in [3.05, 3.63) is 73.3 Å². The van der Waals surface area contributed by atoms with Gasteiger partial charge in [-0.05, 0) is 29.3 Å². The van der Waals surface area contributed by atoms with Crippen molar-refractivity contribution < 1.29 is 9.21 Å². The molecule has 1 N–H and O–H groups in total.